The lowest BCUT2D eigenvalue weighted by Gasteiger charge is -2.05. The second kappa shape index (κ2) is 5.96. The van der Waals surface area contributed by atoms with Crippen LogP contribution in [0.3, 0.4) is 0 Å². The summed E-state index contributed by atoms with van der Waals surface area (Å²) in [4.78, 5) is 11.7. The van der Waals surface area contributed by atoms with Gasteiger partial charge in [-0.25, -0.2) is 4.63 Å². The molecule has 7 nitrogen and oxygen atoms in total. The molecule has 1 aromatic heterocycles. The number of nitrogen functional groups attached to an aromatic ring is 1. The molecule has 0 radical (unpaired) electrons. The monoisotopic (exact) mass is 262 g/mol. The minimum atomic E-state index is -0.420. The molecule has 19 heavy (non-hydrogen) atoms. The number of rotatable bonds is 5. The van der Waals surface area contributed by atoms with Gasteiger partial charge in [-0.3, -0.25) is 4.79 Å². The van der Waals surface area contributed by atoms with E-state index in [9.17, 15) is 4.79 Å². The molecule has 0 fully saturated rings. The molecule has 7 heteroatoms. The summed E-state index contributed by atoms with van der Waals surface area (Å²) in [5, 5.41) is 9.47. The van der Waals surface area contributed by atoms with Gasteiger partial charge in [0.25, 0.3) is 5.91 Å². The van der Waals surface area contributed by atoms with E-state index in [1.807, 2.05) is 24.3 Å². The summed E-state index contributed by atoms with van der Waals surface area (Å²) in [6.07, 6.45) is 0. The minimum absolute atomic E-state index is 0.00644. The maximum absolute atomic E-state index is 11.7. The number of carbonyl (C=O) groups excluding carboxylic acids is 1. The molecule has 0 saturated heterocycles. The van der Waals surface area contributed by atoms with Gasteiger partial charge in [0, 0.05) is 13.7 Å². The molecule has 3 N–H and O–H groups in total. The Labute approximate surface area is 109 Å². The molecule has 0 spiro atoms. The maximum Gasteiger partial charge on any atom is 0.277 e. The van der Waals surface area contributed by atoms with E-state index in [0.29, 0.717) is 13.2 Å². The molecule has 1 amide bonds. The van der Waals surface area contributed by atoms with Gasteiger partial charge < -0.3 is 15.8 Å². The van der Waals surface area contributed by atoms with Crippen LogP contribution < -0.4 is 11.1 Å². The molecule has 0 saturated carbocycles. The summed E-state index contributed by atoms with van der Waals surface area (Å²) < 4.78 is 9.42. The van der Waals surface area contributed by atoms with Crippen LogP contribution in [-0.4, -0.2) is 23.3 Å². The van der Waals surface area contributed by atoms with Gasteiger partial charge in [0.2, 0.25) is 11.5 Å². The number of aromatic nitrogens is 2. The van der Waals surface area contributed by atoms with Crippen molar-refractivity contribution in [3.05, 3.63) is 41.1 Å². The van der Waals surface area contributed by atoms with Crippen molar-refractivity contribution < 1.29 is 14.2 Å². The van der Waals surface area contributed by atoms with Crippen LogP contribution in [0, 0.1) is 0 Å². The van der Waals surface area contributed by atoms with E-state index in [0.717, 1.165) is 11.1 Å². The van der Waals surface area contributed by atoms with Gasteiger partial charge >= 0.3 is 0 Å². The molecule has 0 unspecified atom stereocenters. The first-order valence-electron chi connectivity index (χ1n) is 5.63. The lowest BCUT2D eigenvalue weighted by atomic mass is 10.1. The van der Waals surface area contributed by atoms with Crippen molar-refractivity contribution in [2.24, 2.45) is 0 Å². The Kier molecular flexibility index (Phi) is 4.09. The number of hydrogen-bond acceptors (Lipinski definition) is 6. The number of ether oxygens (including phenoxy) is 1. The smallest absolute Gasteiger partial charge is 0.277 e. The molecule has 1 heterocycles. The topological polar surface area (TPSA) is 103 Å². The molecule has 0 atom stereocenters. The van der Waals surface area contributed by atoms with Gasteiger partial charge in [-0.1, -0.05) is 24.3 Å². The molecule has 2 aromatic rings. The Morgan fingerprint density at radius 2 is 2.21 bits per heavy atom. The van der Waals surface area contributed by atoms with E-state index >= 15 is 0 Å². The predicted molar refractivity (Wildman–Crippen MR) is 67.0 cm³/mol. The van der Waals surface area contributed by atoms with E-state index in [1.165, 1.54) is 0 Å². The predicted octanol–water partition coefficient (Wildman–Crippen LogP) is 0.728. The highest BCUT2D eigenvalue weighted by Gasteiger charge is 2.15. The Hall–Kier alpha value is -2.41. The summed E-state index contributed by atoms with van der Waals surface area (Å²) in [5.74, 6) is -0.443. The number of benzene rings is 1. The van der Waals surface area contributed by atoms with Crippen LogP contribution in [0.2, 0.25) is 0 Å². The summed E-state index contributed by atoms with van der Waals surface area (Å²) in [6, 6.07) is 7.72. The number of nitrogens with zero attached hydrogens (tertiary/aromatic N) is 2. The van der Waals surface area contributed by atoms with Crippen molar-refractivity contribution in [2.75, 3.05) is 12.8 Å². The van der Waals surface area contributed by atoms with Crippen LogP contribution in [0.25, 0.3) is 0 Å². The van der Waals surface area contributed by atoms with Crippen LogP contribution in [0.5, 0.6) is 0 Å². The zero-order valence-electron chi connectivity index (χ0n) is 10.4. The Morgan fingerprint density at radius 1 is 1.42 bits per heavy atom. The third-order valence-corrected chi connectivity index (χ3v) is 2.48. The Balaban J connectivity index is 1.97. The van der Waals surface area contributed by atoms with Crippen molar-refractivity contribution in [3.8, 4) is 0 Å². The fourth-order valence-electron chi connectivity index (χ4n) is 1.62. The number of nitrogens with one attached hydrogen (secondary N) is 1. The highest BCUT2D eigenvalue weighted by Crippen LogP contribution is 2.08. The molecule has 0 aliphatic rings. The van der Waals surface area contributed by atoms with Gasteiger partial charge in [-0.2, -0.15) is 0 Å². The van der Waals surface area contributed by atoms with Crippen molar-refractivity contribution in [3.63, 3.8) is 0 Å². The van der Waals surface area contributed by atoms with Crippen LogP contribution in [0.15, 0.2) is 28.9 Å². The number of anilines is 1. The highest BCUT2D eigenvalue weighted by molar-refractivity contribution is 5.95. The average Bonchev–Trinajstić information content (AvgIpc) is 2.83. The fraction of sp³-hybridized carbons (Fsp3) is 0.250. The van der Waals surface area contributed by atoms with E-state index in [-0.39, 0.29) is 11.5 Å². The number of carbonyl (C=O) groups is 1. The second-order valence-corrected chi connectivity index (χ2v) is 3.93. The first kappa shape index (κ1) is 13.0. The van der Waals surface area contributed by atoms with Crippen molar-refractivity contribution in [1.29, 1.82) is 0 Å². The molecule has 0 bridgehead atoms. The third-order valence-electron chi connectivity index (χ3n) is 2.48. The lowest BCUT2D eigenvalue weighted by Crippen LogP contribution is -2.24. The van der Waals surface area contributed by atoms with Gasteiger partial charge in [0.05, 0.1) is 6.61 Å². The normalized spacial score (nSPS) is 10.4. The van der Waals surface area contributed by atoms with Gasteiger partial charge in [-0.05, 0) is 21.4 Å². The van der Waals surface area contributed by atoms with Crippen molar-refractivity contribution in [1.82, 2.24) is 15.6 Å². The van der Waals surface area contributed by atoms with Gasteiger partial charge in [0.1, 0.15) is 0 Å². The Bertz CT molecular complexity index is 568. The molecule has 100 valence electrons. The quantitative estimate of drug-likeness (QED) is 0.823. The van der Waals surface area contributed by atoms with Crippen molar-refractivity contribution >= 4 is 11.7 Å². The summed E-state index contributed by atoms with van der Waals surface area (Å²) in [7, 11) is 1.63. The van der Waals surface area contributed by atoms with Gasteiger partial charge in [-0.15, -0.1) is 0 Å². The number of hydrogen-bond donors (Lipinski definition) is 2. The SMILES string of the molecule is COCc1cccc(CNC(=O)c2nonc2N)c1. The molecule has 2 rings (SSSR count). The fourth-order valence-corrected chi connectivity index (χ4v) is 1.62. The summed E-state index contributed by atoms with van der Waals surface area (Å²) in [6.45, 7) is 0.893. The number of amides is 1. The lowest BCUT2D eigenvalue weighted by molar-refractivity contribution is 0.0941. The van der Waals surface area contributed by atoms with Crippen LogP contribution >= 0.6 is 0 Å². The molecule has 0 aliphatic heterocycles. The van der Waals surface area contributed by atoms with E-state index in [2.05, 4.69) is 20.3 Å². The zero-order valence-corrected chi connectivity index (χ0v) is 10.4. The first-order valence-corrected chi connectivity index (χ1v) is 5.63. The van der Waals surface area contributed by atoms with Crippen LogP contribution in [0.1, 0.15) is 21.6 Å². The highest BCUT2D eigenvalue weighted by atomic mass is 16.6. The molecule has 0 aliphatic carbocycles. The van der Waals surface area contributed by atoms with Crippen LogP contribution in [-0.2, 0) is 17.9 Å². The van der Waals surface area contributed by atoms with E-state index in [1.54, 1.807) is 7.11 Å². The molecular formula is C12H14N4O3. The standard InChI is InChI=1S/C12H14N4O3/c1-18-7-9-4-2-3-8(5-9)6-14-12(17)10-11(13)16-19-15-10/h2-5H,6-7H2,1H3,(H2,13,16)(H,14,17). The largest absolute Gasteiger partial charge is 0.380 e. The minimum Gasteiger partial charge on any atom is -0.380 e. The third kappa shape index (κ3) is 3.29. The second-order valence-electron chi connectivity index (χ2n) is 3.93. The van der Waals surface area contributed by atoms with E-state index < -0.39 is 5.91 Å². The summed E-state index contributed by atoms with van der Waals surface area (Å²) in [5.41, 5.74) is 7.42. The average molecular weight is 262 g/mol. The number of methoxy groups -OCH3 is 1. The molecule has 1 aromatic carbocycles. The summed E-state index contributed by atoms with van der Waals surface area (Å²) >= 11 is 0. The zero-order chi connectivity index (χ0) is 13.7. The van der Waals surface area contributed by atoms with Crippen LogP contribution in [0.4, 0.5) is 5.82 Å². The molecular weight excluding hydrogens is 248 g/mol. The van der Waals surface area contributed by atoms with Gasteiger partial charge in [0.15, 0.2) is 0 Å². The number of nitrogens with two attached hydrogens (primary N) is 1. The van der Waals surface area contributed by atoms with E-state index in [4.69, 9.17) is 10.5 Å². The van der Waals surface area contributed by atoms with Crippen molar-refractivity contribution in [2.45, 2.75) is 13.2 Å². The Morgan fingerprint density at radius 3 is 2.89 bits per heavy atom. The maximum atomic E-state index is 11.7. The first-order chi connectivity index (χ1) is 9.20.